The Labute approximate surface area is 85.1 Å². The van der Waals surface area contributed by atoms with Gasteiger partial charge < -0.3 is 10.6 Å². The van der Waals surface area contributed by atoms with Crippen molar-refractivity contribution in [1.82, 2.24) is 0 Å². The fraction of sp³-hybridized carbons (Fsp3) is 0.182. The minimum Gasteiger partial charge on any atom is -0.397 e. The summed E-state index contributed by atoms with van der Waals surface area (Å²) in [7, 11) is 3.96. The highest BCUT2D eigenvalue weighted by Gasteiger charge is 1.96. The van der Waals surface area contributed by atoms with Gasteiger partial charge >= 0.3 is 0 Å². The number of benzene rings is 1. The highest BCUT2D eigenvalue weighted by molar-refractivity contribution is 5.66. The first-order valence-electron chi connectivity index (χ1n) is 4.15. The molecule has 1 aromatic rings. The lowest BCUT2D eigenvalue weighted by Crippen LogP contribution is -2.10. The Morgan fingerprint density at radius 1 is 1.43 bits per heavy atom. The number of hydrogen-bond acceptors (Lipinski definition) is 3. The van der Waals surface area contributed by atoms with Crippen molar-refractivity contribution in [3.63, 3.8) is 0 Å². The van der Waals surface area contributed by atoms with E-state index in [1.165, 1.54) is 6.08 Å². The molecule has 0 saturated carbocycles. The Balaban J connectivity index is 0.000000364. The van der Waals surface area contributed by atoms with Crippen molar-refractivity contribution in [3.8, 4) is 6.07 Å². The van der Waals surface area contributed by atoms with Gasteiger partial charge in [0.25, 0.3) is 0 Å². The minimum absolute atomic E-state index is 0.826. The van der Waals surface area contributed by atoms with E-state index in [0.717, 1.165) is 11.4 Å². The molecule has 3 heteroatoms. The molecular formula is C11H15N3. The molecule has 1 rings (SSSR count). The lowest BCUT2D eigenvalue weighted by atomic mass is 10.2. The van der Waals surface area contributed by atoms with Gasteiger partial charge in [-0.1, -0.05) is 18.7 Å². The topological polar surface area (TPSA) is 53.0 Å². The molecular weight excluding hydrogens is 174 g/mol. The van der Waals surface area contributed by atoms with Crippen molar-refractivity contribution in [2.24, 2.45) is 0 Å². The number of nitrogens with zero attached hydrogens (tertiary/aromatic N) is 2. The molecule has 0 amide bonds. The lowest BCUT2D eigenvalue weighted by Gasteiger charge is -2.13. The van der Waals surface area contributed by atoms with Crippen LogP contribution in [0.5, 0.6) is 0 Å². The second-order valence-electron chi connectivity index (χ2n) is 2.79. The van der Waals surface area contributed by atoms with Gasteiger partial charge in [0.2, 0.25) is 0 Å². The van der Waals surface area contributed by atoms with E-state index in [1.807, 2.05) is 43.3 Å². The van der Waals surface area contributed by atoms with Crippen LogP contribution in [0.3, 0.4) is 0 Å². The van der Waals surface area contributed by atoms with Crippen LogP contribution in [0.25, 0.3) is 0 Å². The van der Waals surface area contributed by atoms with E-state index in [2.05, 4.69) is 6.58 Å². The van der Waals surface area contributed by atoms with Crippen LogP contribution in [0, 0.1) is 11.3 Å². The van der Waals surface area contributed by atoms with Crippen LogP contribution in [0.4, 0.5) is 11.4 Å². The molecule has 0 saturated heterocycles. The summed E-state index contributed by atoms with van der Waals surface area (Å²) in [6.07, 6.45) is 1.18. The van der Waals surface area contributed by atoms with Crippen LogP contribution >= 0.6 is 0 Å². The zero-order chi connectivity index (χ0) is 11.0. The average Bonchev–Trinajstić information content (AvgIpc) is 2.18. The maximum absolute atomic E-state index is 7.51. The normalized spacial score (nSPS) is 7.79. The summed E-state index contributed by atoms with van der Waals surface area (Å²) in [5.41, 5.74) is 7.58. The van der Waals surface area contributed by atoms with Crippen LogP contribution < -0.4 is 10.6 Å². The predicted octanol–water partition coefficient (Wildman–Crippen LogP) is 2.03. The second kappa shape index (κ2) is 6.55. The van der Waals surface area contributed by atoms with Gasteiger partial charge in [-0.05, 0) is 12.1 Å². The molecule has 0 heterocycles. The average molecular weight is 189 g/mol. The highest BCUT2D eigenvalue weighted by atomic mass is 15.1. The standard InChI is InChI=1S/C8H12N2.C3H3N/c1-10(2)8-6-4-3-5-7(8)9;1-2-3-4/h3-6H,9H2,1-2H3;2H,1H2. The Morgan fingerprint density at radius 2 is 1.93 bits per heavy atom. The van der Waals surface area contributed by atoms with Crippen molar-refractivity contribution in [2.45, 2.75) is 0 Å². The molecule has 3 nitrogen and oxygen atoms in total. The molecule has 74 valence electrons. The van der Waals surface area contributed by atoms with Crippen molar-refractivity contribution < 1.29 is 0 Å². The van der Waals surface area contributed by atoms with E-state index >= 15 is 0 Å². The van der Waals surface area contributed by atoms with Crippen molar-refractivity contribution in [2.75, 3.05) is 24.7 Å². The van der Waals surface area contributed by atoms with Gasteiger partial charge in [-0.15, -0.1) is 0 Å². The summed E-state index contributed by atoms with van der Waals surface area (Å²) in [4.78, 5) is 2.00. The molecule has 0 aliphatic heterocycles. The van der Waals surface area contributed by atoms with Gasteiger partial charge in [0, 0.05) is 20.2 Å². The maximum atomic E-state index is 7.51. The summed E-state index contributed by atoms with van der Waals surface area (Å²) in [6, 6.07) is 9.50. The molecule has 14 heavy (non-hydrogen) atoms. The molecule has 2 N–H and O–H groups in total. The first-order valence-corrected chi connectivity index (χ1v) is 4.15. The monoisotopic (exact) mass is 189 g/mol. The smallest absolute Gasteiger partial charge is 0.0905 e. The molecule has 0 spiro atoms. The third-order valence-electron chi connectivity index (χ3n) is 1.51. The van der Waals surface area contributed by atoms with Crippen LogP contribution in [-0.2, 0) is 0 Å². The molecule has 0 atom stereocenters. The van der Waals surface area contributed by atoms with E-state index in [9.17, 15) is 0 Å². The van der Waals surface area contributed by atoms with Gasteiger partial charge in [0.05, 0.1) is 17.4 Å². The largest absolute Gasteiger partial charge is 0.397 e. The zero-order valence-corrected chi connectivity index (χ0v) is 8.57. The lowest BCUT2D eigenvalue weighted by molar-refractivity contribution is 1.13. The first-order chi connectivity index (χ1) is 6.63. The molecule has 0 fully saturated rings. The first kappa shape index (κ1) is 12.0. The number of rotatable bonds is 1. The summed E-state index contributed by atoms with van der Waals surface area (Å²) in [5, 5.41) is 7.51. The van der Waals surface area contributed by atoms with Crippen LogP contribution in [0.15, 0.2) is 36.9 Å². The third-order valence-corrected chi connectivity index (χ3v) is 1.51. The molecule has 0 aliphatic rings. The number of nitrogens with two attached hydrogens (primary N) is 1. The van der Waals surface area contributed by atoms with Crippen molar-refractivity contribution in [1.29, 1.82) is 5.26 Å². The van der Waals surface area contributed by atoms with Crippen LogP contribution in [-0.4, -0.2) is 14.1 Å². The number of nitriles is 1. The number of allylic oxidation sites excluding steroid dienone is 1. The van der Waals surface area contributed by atoms with E-state index in [1.54, 1.807) is 6.07 Å². The molecule has 0 bridgehead atoms. The number of anilines is 2. The minimum atomic E-state index is 0.826. The van der Waals surface area contributed by atoms with Gasteiger partial charge in [-0.25, -0.2) is 0 Å². The van der Waals surface area contributed by atoms with E-state index in [4.69, 9.17) is 11.0 Å². The van der Waals surface area contributed by atoms with Crippen LogP contribution in [0.2, 0.25) is 0 Å². The van der Waals surface area contributed by atoms with E-state index < -0.39 is 0 Å². The molecule has 1 aromatic carbocycles. The van der Waals surface area contributed by atoms with E-state index in [0.29, 0.717) is 0 Å². The highest BCUT2D eigenvalue weighted by Crippen LogP contribution is 2.18. The summed E-state index contributed by atoms with van der Waals surface area (Å²) in [5.74, 6) is 0. The quantitative estimate of drug-likeness (QED) is 0.543. The molecule has 0 unspecified atom stereocenters. The van der Waals surface area contributed by atoms with Crippen molar-refractivity contribution >= 4 is 11.4 Å². The molecule has 0 aliphatic carbocycles. The van der Waals surface area contributed by atoms with E-state index in [-0.39, 0.29) is 0 Å². The van der Waals surface area contributed by atoms with Crippen LogP contribution in [0.1, 0.15) is 0 Å². The zero-order valence-electron chi connectivity index (χ0n) is 8.57. The Kier molecular flexibility index (Phi) is 5.64. The van der Waals surface area contributed by atoms with Gasteiger partial charge in [-0.2, -0.15) is 5.26 Å². The number of nitrogen functional groups attached to an aromatic ring is 1. The summed E-state index contributed by atoms with van der Waals surface area (Å²) < 4.78 is 0. The maximum Gasteiger partial charge on any atom is 0.0905 e. The van der Waals surface area contributed by atoms with Gasteiger partial charge in [0.15, 0.2) is 0 Å². The van der Waals surface area contributed by atoms with Gasteiger partial charge in [-0.3, -0.25) is 0 Å². The second-order valence-corrected chi connectivity index (χ2v) is 2.79. The Morgan fingerprint density at radius 3 is 2.21 bits per heavy atom. The number of para-hydroxylation sites is 2. The predicted molar refractivity (Wildman–Crippen MR) is 61.0 cm³/mol. The van der Waals surface area contributed by atoms with Crippen molar-refractivity contribution in [3.05, 3.63) is 36.9 Å². The number of hydrogen-bond donors (Lipinski definition) is 1. The summed E-state index contributed by atoms with van der Waals surface area (Å²) in [6.45, 7) is 3.12. The fourth-order valence-corrected chi connectivity index (χ4v) is 0.895. The third kappa shape index (κ3) is 4.17. The molecule has 0 radical (unpaired) electrons. The SMILES string of the molecule is C=CC#N.CN(C)c1ccccc1N. The molecule has 0 aromatic heterocycles. The Bertz CT molecular complexity index is 324. The summed E-state index contributed by atoms with van der Waals surface area (Å²) >= 11 is 0. The fourth-order valence-electron chi connectivity index (χ4n) is 0.895. The Hall–Kier alpha value is -1.95. The van der Waals surface area contributed by atoms with Gasteiger partial charge in [0.1, 0.15) is 0 Å².